The molecule has 1 aromatic carbocycles. The van der Waals surface area contributed by atoms with Gasteiger partial charge in [0.15, 0.2) is 14.6 Å². The van der Waals surface area contributed by atoms with Crippen molar-refractivity contribution in [1.82, 2.24) is 15.0 Å². The van der Waals surface area contributed by atoms with Gasteiger partial charge in [-0.1, -0.05) is 11.8 Å². The Balaban J connectivity index is 2.31. The molecule has 0 spiro atoms. The normalized spacial score (nSPS) is 13.8. The first-order valence-corrected chi connectivity index (χ1v) is 10.9. The van der Waals surface area contributed by atoms with Crippen molar-refractivity contribution in [3.8, 4) is 23.7 Å². The number of hydrogen-bond donors (Lipinski definition) is 4. The van der Waals surface area contributed by atoms with E-state index in [1.54, 1.807) is 12.1 Å². The van der Waals surface area contributed by atoms with Gasteiger partial charge in [-0.2, -0.15) is 0 Å². The Bertz CT molecular complexity index is 1280. The summed E-state index contributed by atoms with van der Waals surface area (Å²) in [5.74, 6) is 8.89. The number of aliphatic hydroxyl groups is 2. The third kappa shape index (κ3) is 5.48. The summed E-state index contributed by atoms with van der Waals surface area (Å²) in [6, 6.07) is 4.65. The molecule has 31 heavy (non-hydrogen) atoms. The van der Waals surface area contributed by atoms with Crippen LogP contribution in [-0.4, -0.2) is 63.0 Å². The Morgan fingerprint density at radius 1 is 1.35 bits per heavy atom. The first-order chi connectivity index (χ1) is 14.5. The average molecular weight is 447 g/mol. The van der Waals surface area contributed by atoms with Gasteiger partial charge in [0.2, 0.25) is 0 Å². The van der Waals surface area contributed by atoms with Crippen molar-refractivity contribution in [1.29, 1.82) is 0 Å². The fourth-order valence-electron chi connectivity index (χ4n) is 2.58. The first-order valence-electron chi connectivity index (χ1n) is 8.97. The van der Waals surface area contributed by atoms with Crippen LogP contribution in [0, 0.1) is 23.7 Å². The Hall–Kier alpha value is -3.22. The lowest BCUT2D eigenvalue weighted by Gasteiger charge is -2.25. The molecular weight excluding hydrogens is 426 g/mol. The molecule has 4 N–H and O–H groups in total. The van der Waals surface area contributed by atoms with E-state index in [9.17, 15) is 18.0 Å². The van der Waals surface area contributed by atoms with Crippen molar-refractivity contribution in [2.24, 2.45) is 0 Å². The molecule has 0 aliphatic carbocycles. The van der Waals surface area contributed by atoms with Crippen LogP contribution in [0.1, 0.15) is 18.9 Å². The van der Waals surface area contributed by atoms with E-state index < -0.39 is 38.8 Å². The molecule has 0 radical (unpaired) electrons. The van der Waals surface area contributed by atoms with Gasteiger partial charge in [0.05, 0.1) is 23.8 Å². The Morgan fingerprint density at radius 3 is 2.68 bits per heavy atom. The highest BCUT2D eigenvalue weighted by molar-refractivity contribution is 7.92. The number of nitrogens with zero attached hydrogens (tertiary/aromatic N) is 2. The van der Waals surface area contributed by atoms with E-state index in [1.807, 2.05) is 0 Å². The number of benzene rings is 1. The van der Waals surface area contributed by atoms with Crippen LogP contribution in [0.4, 0.5) is 0 Å². The number of sulfone groups is 1. The van der Waals surface area contributed by atoms with Crippen LogP contribution in [0.3, 0.4) is 0 Å². The third-order valence-corrected chi connectivity index (χ3v) is 6.76. The number of fused-ring (bicyclic) bond motifs is 1. The number of amides is 1. The number of nitrogens with one attached hydrogen (secondary N) is 1. The summed E-state index contributed by atoms with van der Waals surface area (Å²) >= 11 is 0. The second-order valence-electron chi connectivity index (χ2n) is 6.89. The highest BCUT2D eigenvalue weighted by atomic mass is 32.2. The molecule has 2 aromatic rings. The highest BCUT2D eigenvalue weighted by Crippen LogP contribution is 2.22. The number of aromatic nitrogens is 2. The molecule has 2 atom stereocenters. The average Bonchev–Trinajstić information content (AvgIpc) is 2.74. The minimum absolute atomic E-state index is 0.122. The van der Waals surface area contributed by atoms with E-state index >= 15 is 0 Å². The molecular formula is C20H21N3O7S. The number of hydrogen-bond acceptors (Lipinski definition) is 8. The van der Waals surface area contributed by atoms with Crippen LogP contribution < -0.4 is 11.0 Å². The predicted octanol–water partition coefficient (Wildman–Crippen LogP) is -1.20. The van der Waals surface area contributed by atoms with E-state index in [-0.39, 0.29) is 18.4 Å². The minimum Gasteiger partial charge on any atom is -0.393 e. The summed E-state index contributed by atoms with van der Waals surface area (Å²) in [7, 11) is -3.89. The topological polar surface area (TPSA) is 159 Å². The summed E-state index contributed by atoms with van der Waals surface area (Å²) in [5, 5.41) is 27.0. The zero-order valence-corrected chi connectivity index (χ0v) is 17.6. The van der Waals surface area contributed by atoms with Gasteiger partial charge in [-0.05, 0) is 43.4 Å². The highest BCUT2D eigenvalue weighted by Gasteiger charge is 2.43. The predicted molar refractivity (Wildman–Crippen MR) is 112 cm³/mol. The number of carbonyl (C=O) groups excluding carboxylic acids is 1. The van der Waals surface area contributed by atoms with Crippen LogP contribution in [0.2, 0.25) is 0 Å². The van der Waals surface area contributed by atoms with Gasteiger partial charge in [0.1, 0.15) is 6.10 Å². The van der Waals surface area contributed by atoms with Gasteiger partial charge < -0.3 is 10.2 Å². The maximum absolute atomic E-state index is 12.7. The molecule has 0 aliphatic heterocycles. The molecule has 2 unspecified atom stereocenters. The number of aryl methyl sites for hydroxylation is 1. The van der Waals surface area contributed by atoms with E-state index in [0.29, 0.717) is 11.1 Å². The number of carbonyl (C=O) groups is 1. The molecule has 0 aliphatic rings. The molecule has 2 rings (SSSR count). The number of aliphatic hydroxyl groups excluding tert-OH is 2. The van der Waals surface area contributed by atoms with Crippen LogP contribution in [0.5, 0.6) is 0 Å². The first kappa shape index (κ1) is 24.1. The van der Waals surface area contributed by atoms with Crippen LogP contribution in [0.25, 0.3) is 10.9 Å². The second kappa shape index (κ2) is 9.73. The van der Waals surface area contributed by atoms with Gasteiger partial charge in [-0.3, -0.25) is 19.4 Å². The zero-order valence-electron chi connectivity index (χ0n) is 16.8. The molecule has 0 saturated carbocycles. The SMILES string of the molecule is CC(CCn1cnc2cc(C#CC#CC(O)CO)ccc2c1=O)(C(=O)NO)S(C)(=O)=O. The maximum atomic E-state index is 12.7. The standard InChI is InChI=1S/C20H21N3O7S/c1-20(19(27)22-28,31(2,29)30)9-10-23-13-21-17-11-14(7-8-16(17)18(23)26)5-3-4-6-15(25)12-24/h7-8,11,13,15,24-25,28H,9-10,12H2,1-2H3,(H,22,27). The molecule has 1 amide bonds. The van der Waals surface area contributed by atoms with Crippen molar-refractivity contribution >= 4 is 26.6 Å². The molecule has 1 heterocycles. The van der Waals surface area contributed by atoms with Crippen molar-refractivity contribution in [3.05, 3.63) is 40.4 Å². The van der Waals surface area contributed by atoms with Crippen molar-refractivity contribution in [2.75, 3.05) is 12.9 Å². The van der Waals surface area contributed by atoms with Gasteiger partial charge in [-0.15, -0.1) is 0 Å². The van der Waals surface area contributed by atoms with Crippen molar-refractivity contribution < 1.29 is 28.6 Å². The molecule has 1 aromatic heterocycles. The van der Waals surface area contributed by atoms with Crippen LogP contribution in [-0.2, 0) is 21.2 Å². The van der Waals surface area contributed by atoms with Crippen LogP contribution >= 0.6 is 0 Å². The molecule has 0 saturated heterocycles. The maximum Gasteiger partial charge on any atom is 0.264 e. The molecule has 0 fully saturated rings. The summed E-state index contributed by atoms with van der Waals surface area (Å²) in [4.78, 5) is 28.8. The monoisotopic (exact) mass is 447 g/mol. The molecule has 10 nitrogen and oxygen atoms in total. The van der Waals surface area contributed by atoms with E-state index in [1.165, 1.54) is 29.4 Å². The zero-order chi connectivity index (χ0) is 23.2. The van der Waals surface area contributed by atoms with Gasteiger partial charge in [0.25, 0.3) is 11.5 Å². The second-order valence-corrected chi connectivity index (χ2v) is 9.33. The van der Waals surface area contributed by atoms with Crippen LogP contribution in [0.15, 0.2) is 29.3 Å². The largest absolute Gasteiger partial charge is 0.393 e. The van der Waals surface area contributed by atoms with Gasteiger partial charge >= 0.3 is 0 Å². The van der Waals surface area contributed by atoms with Crippen molar-refractivity contribution in [3.63, 3.8) is 0 Å². The Morgan fingerprint density at radius 2 is 2.06 bits per heavy atom. The van der Waals surface area contributed by atoms with Crippen molar-refractivity contribution in [2.45, 2.75) is 30.7 Å². The lowest BCUT2D eigenvalue weighted by molar-refractivity contribution is -0.131. The molecule has 0 bridgehead atoms. The van der Waals surface area contributed by atoms with E-state index in [0.717, 1.165) is 6.26 Å². The van der Waals surface area contributed by atoms with Gasteiger partial charge in [-0.25, -0.2) is 18.9 Å². The number of hydroxylamine groups is 1. The molecule has 11 heteroatoms. The lowest BCUT2D eigenvalue weighted by atomic mass is 10.1. The Labute approximate surface area is 178 Å². The summed E-state index contributed by atoms with van der Waals surface area (Å²) in [6.45, 7) is 0.554. The summed E-state index contributed by atoms with van der Waals surface area (Å²) in [6.07, 6.45) is 0.687. The van der Waals surface area contributed by atoms with E-state index in [2.05, 4.69) is 28.7 Å². The minimum atomic E-state index is -3.89. The summed E-state index contributed by atoms with van der Waals surface area (Å²) < 4.78 is 23.4. The third-order valence-electron chi connectivity index (χ3n) is 4.74. The lowest BCUT2D eigenvalue weighted by Crippen LogP contribution is -2.50. The van der Waals surface area contributed by atoms with Gasteiger partial charge in [0, 0.05) is 18.4 Å². The fourth-order valence-corrected chi connectivity index (χ4v) is 3.43. The fraction of sp³-hybridized carbons (Fsp3) is 0.350. The smallest absolute Gasteiger partial charge is 0.264 e. The molecule has 164 valence electrons. The number of rotatable bonds is 6. The van der Waals surface area contributed by atoms with E-state index in [4.69, 9.17) is 15.4 Å². The quantitative estimate of drug-likeness (QED) is 0.244. The Kier molecular flexibility index (Phi) is 7.55. The summed E-state index contributed by atoms with van der Waals surface area (Å²) in [5.41, 5.74) is 1.80.